The Balaban J connectivity index is 1.23. The van der Waals surface area contributed by atoms with Crippen molar-refractivity contribution in [3.63, 3.8) is 0 Å². The van der Waals surface area contributed by atoms with Gasteiger partial charge in [-0.05, 0) is 142 Å². The number of nitrogens with one attached hydrogen (secondary N) is 3. The van der Waals surface area contributed by atoms with Crippen molar-refractivity contribution in [2.75, 3.05) is 13.2 Å². The van der Waals surface area contributed by atoms with Crippen LogP contribution in [0.25, 0.3) is 11.0 Å². The molecule has 3 aromatic rings. The molecule has 6 heterocycles. The number of carbonyl (C=O) groups excluding carboxylic acids is 1. The molecule has 68 heavy (non-hydrogen) atoms. The van der Waals surface area contributed by atoms with E-state index in [1.54, 1.807) is 25.1 Å². The van der Waals surface area contributed by atoms with Crippen LogP contribution in [0.4, 0.5) is 0 Å². The molecule has 10 N–H and O–H groups in total. The predicted octanol–water partition coefficient (Wildman–Crippen LogP) is 5.99. The van der Waals surface area contributed by atoms with Gasteiger partial charge in [0.15, 0.2) is 5.43 Å². The van der Waals surface area contributed by atoms with E-state index >= 15 is 0 Å². The largest absolute Gasteiger partial charge is 0.508 e. The van der Waals surface area contributed by atoms with Crippen LogP contribution in [0, 0.1) is 17.8 Å². The summed E-state index contributed by atoms with van der Waals surface area (Å²) >= 11 is 0. The van der Waals surface area contributed by atoms with Crippen molar-refractivity contribution in [2.24, 2.45) is 23.5 Å². The number of allylic oxidation sites excluding steroid dienone is 5. The minimum absolute atomic E-state index is 0.00261. The molecule has 2 saturated carbocycles. The number of dihydropyridines is 2. The van der Waals surface area contributed by atoms with Gasteiger partial charge >= 0.3 is 5.97 Å². The zero-order valence-corrected chi connectivity index (χ0v) is 39.1. The third kappa shape index (κ3) is 6.94. The Hall–Kier alpha value is -5.54. The second-order valence-corrected chi connectivity index (χ2v) is 20.9. The number of phenolic OH excluding ortho intramolecular Hbond substituents is 2. The molecule has 3 aliphatic carbocycles. The normalized spacial score (nSPS) is 31.6. The number of hydrogen-bond donors (Lipinski definition) is 9. The first kappa shape index (κ1) is 44.9. The molecule has 8 aliphatic rings. The summed E-state index contributed by atoms with van der Waals surface area (Å²) in [4.78, 5) is 29.3. The minimum atomic E-state index is -1.35. The first-order chi connectivity index (χ1) is 32.8. The summed E-state index contributed by atoms with van der Waals surface area (Å²) in [6, 6.07) is 6.83. The number of aliphatic hydroxyl groups excluding tert-OH is 2. The van der Waals surface area contributed by atoms with E-state index in [4.69, 9.17) is 19.6 Å². The molecule has 3 fully saturated rings. The number of carbonyl (C=O) groups is 1. The lowest BCUT2D eigenvalue weighted by Gasteiger charge is -2.52. The second-order valence-electron chi connectivity index (χ2n) is 20.9. The average molecular weight is 929 g/mol. The maximum atomic E-state index is 14.9. The molecule has 0 radical (unpaired) electrons. The monoisotopic (exact) mass is 928 g/mol. The predicted molar refractivity (Wildman–Crippen MR) is 254 cm³/mol. The molecule has 14 heteroatoms. The number of rotatable bonds is 5. The Labute approximate surface area is 395 Å². The number of aromatic hydroxyl groups is 2. The highest BCUT2D eigenvalue weighted by Gasteiger charge is 2.58. The van der Waals surface area contributed by atoms with E-state index in [9.17, 15) is 35.1 Å². The van der Waals surface area contributed by atoms with Crippen molar-refractivity contribution in [1.29, 1.82) is 0 Å². The SMILES string of the molecule is CC=C(C(=O)OC1Cc2c3c(c4oc(CO)cc(=O)c4c2O)C2C4=CCNC(N)=C4C(CCc4ccc(O)cc4C2CO)C2CCC4=C5CCC(C)NC5NC=C4CC2C1(C)O3)C1(O)CCCC1. The number of benzene rings is 2. The molecule has 360 valence electrons. The highest BCUT2D eigenvalue weighted by Crippen LogP contribution is 2.61. The van der Waals surface area contributed by atoms with Gasteiger partial charge in [-0.2, -0.15) is 0 Å². The standard InChI is InChI=1S/C54H64N4O10/c1-4-39(54(65)16-5-6-17-54)52(64)67-42-22-37-47(63)45-41(62)21-30(24-59)66-49(45)46-43-35-15-18-56-50(55)44(35)33(12-9-27-8-10-29(61)20-36(27)38(43)25-60)32-14-13-31-28(19-40(32)53(42,3)68-48(37)46)23-57-51-34(31)11-7-26(2)58-51/h4,8,10,15,20-21,23,26,32-33,38,40,42-43,51,56-61,63,65H,5-7,9,11-14,16-19,22,24-25,55H2,1-3H3. The fourth-order valence-corrected chi connectivity index (χ4v) is 14.1. The number of ether oxygens (including phenoxy) is 2. The lowest BCUT2D eigenvalue weighted by atomic mass is 9.61. The summed E-state index contributed by atoms with van der Waals surface area (Å²) < 4.78 is 21.1. The molecule has 14 nitrogen and oxygen atoms in total. The molecule has 0 amide bonds. The quantitative estimate of drug-likeness (QED) is 0.106. The third-order valence-corrected chi connectivity index (χ3v) is 17.3. The number of fused-ring (bicyclic) bond motifs is 10. The van der Waals surface area contributed by atoms with E-state index in [1.807, 2.05) is 13.0 Å². The molecule has 5 aliphatic heterocycles. The van der Waals surface area contributed by atoms with Crippen molar-refractivity contribution >= 4 is 16.9 Å². The Bertz CT molecular complexity index is 2830. The maximum absolute atomic E-state index is 14.9. The van der Waals surface area contributed by atoms with Gasteiger partial charge in [0, 0.05) is 60.2 Å². The van der Waals surface area contributed by atoms with Crippen LogP contribution in [-0.2, 0) is 29.0 Å². The summed E-state index contributed by atoms with van der Waals surface area (Å²) in [5, 5.41) is 68.9. The van der Waals surface area contributed by atoms with E-state index in [0.717, 1.165) is 72.4 Å². The van der Waals surface area contributed by atoms with E-state index in [2.05, 4.69) is 35.2 Å². The second kappa shape index (κ2) is 16.9. The molecule has 9 unspecified atom stereocenters. The number of aliphatic hydroxyl groups is 3. The number of piperidine rings is 1. The summed E-state index contributed by atoms with van der Waals surface area (Å²) in [5.41, 5.74) is 12.1. The van der Waals surface area contributed by atoms with Crippen LogP contribution in [0.5, 0.6) is 17.2 Å². The Morgan fingerprint density at radius 3 is 2.63 bits per heavy atom. The van der Waals surface area contributed by atoms with Crippen LogP contribution in [-0.4, -0.2) is 74.2 Å². The Morgan fingerprint density at radius 1 is 1.06 bits per heavy atom. The van der Waals surface area contributed by atoms with Gasteiger partial charge in [0.05, 0.1) is 23.9 Å². The van der Waals surface area contributed by atoms with Gasteiger partial charge in [-0.25, -0.2) is 4.79 Å². The Kier molecular flexibility index (Phi) is 11.1. The average Bonchev–Trinajstić information content (AvgIpc) is 3.68. The van der Waals surface area contributed by atoms with Crippen LogP contribution in [0.3, 0.4) is 0 Å². The van der Waals surface area contributed by atoms with Crippen molar-refractivity contribution in [2.45, 2.75) is 146 Å². The number of hydrogen-bond acceptors (Lipinski definition) is 14. The first-order valence-electron chi connectivity index (χ1n) is 24.8. The molecular weight excluding hydrogens is 865 g/mol. The minimum Gasteiger partial charge on any atom is -0.508 e. The third-order valence-electron chi connectivity index (χ3n) is 17.3. The number of aryl methyl sites for hydroxylation is 1. The van der Waals surface area contributed by atoms with Crippen LogP contribution in [0.1, 0.15) is 125 Å². The molecule has 1 aromatic heterocycles. The molecule has 0 spiro atoms. The van der Waals surface area contributed by atoms with Crippen LogP contribution >= 0.6 is 0 Å². The smallest absolute Gasteiger partial charge is 0.337 e. The van der Waals surface area contributed by atoms with Gasteiger partial charge < -0.3 is 55.8 Å². The van der Waals surface area contributed by atoms with Crippen LogP contribution in [0.2, 0.25) is 0 Å². The molecule has 2 aromatic carbocycles. The molecular formula is C54H64N4O10. The van der Waals surface area contributed by atoms with Crippen molar-refractivity contribution in [1.82, 2.24) is 16.0 Å². The van der Waals surface area contributed by atoms with Gasteiger partial charge in [0.25, 0.3) is 0 Å². The van der Waals surface area contributed by atoms with Gasteiger partial charge in [-0.1, -0.05) is 31.1 Å². The van der Waals surface area contributed by atoms with Crippen LogP contribution in [0.15, 0.2) is 91.1 Å². The van der Waals surface area contributed by atoms with Gasteiger partial charge in [0.1, 0.15) is 58.1 Å². The van der Waals surface area contributed by atoms with E-state index in [0.29, 0.717) is 56.1 Å². The number of nitrogens with two attached hydrogens (primary N) is 1. The maximum Gasteiger partial charge on any atom is 0.337 e. The van der Waals surface area contributed by atoms with Crippen molar-refractivity contribution in [3.8, 4) is 17.2 Å². The molecule has 1 saturated heterocycles. The summed E-state index contributed by atoms with van der Waals surface area (Å²) in [5.74, 6) is -2.62. The zero-order valence-electron chi connectivity index (χ0n) is 39.1. The fourth-order valence-electron chi connectivity index (χ4n) is 14.1. The molecule has 11 rings (SSSR count). The fraction of sp³-hybridized carbons (Fsp3) is 0.519. The number of esters is 1. The van der Waals surface area contributed by atoms with Gasteiger partial charge in [-0.3, -0.25) is 10.1 Å². The van der Waals surface area contributed by atoms with Crippen molar-refractivity contribution in [3.05, 3.63) is 120 Å². The van der Waals surface area contributed by atoms with Gasteiger partial charge in [-0.15, -0.1) is 0 Å². The highest BCUT2D eigenvalue weighted by atomic mass is 16.6. The van der Waals surface area contributed by atoms with Crippen molar-refractivity contribution < 1.29 is 44.2 Å². The van der Waals surface area contributed by atoms with E-state index < -0.39 is 53.8 Å². The number of phenols is 2. The topological polar surface area (TPSA) is 229 Å². The zero-order chi connectivity index (χ0) is 47.4. The molecule has 4 bridgehead atoms. The van der Waals surface area contributed by atoms with Crippen LogP contribution < -0.4 is 31.8 Å². The first-order valence-corrected chi connectivity index (χ1v) is 24.8. The highest BCUT2D eigenvalue weighted by molar-refractivity contribution is 5.93. The lowest BCUT2D eigenvalue weighted by Crippen LogP contribution is -2.59. The molecule has 9 atom stereocenters. The summed E-state index contributed by atoms with van der Waals surface area (Å²) in [7, 11) is 0. The Morgan fingerprint density at radius 2 is 1.87 bits per heavy atom. The van der Waals surface area contributed by atoms with Gasteiger partial charge in [0.2, 0.25) is 0 Å². The summed E-state index contributed by atoms with van der Waals surface area (Å²) in [6.07, 6.45) is 12.5. The van der Waals surface area contributed by atoms with E-state index in [1.165, 1.54) is 11.1 Å². The summed E-state index contributed by atoms with van der Waals surface area (Å²) in [6.45, 7) is 5.34. The lowest BCUT2D eigenvalue weighted by molar-refractivity contribution is -0.171. The van der Waals surface area contributed by atoms with E-state index in [-0.39, 0.29) is 75.5 Å².